The van der Waals surface area contributed by atoms with E-state index in [1.807, 2.05) is 0 Å². The number of hydrogen-bond donors (Lipinski definition) is 0. The summed E-state index contributed by atoms with van der Waals surface area (Å²) in [6.07, 6.45) is -7.39. The Morgan fingerprint density at radius 2 is 1.06 bits per heavy atom. The van der Waals surface area contributed by atoms with E-state index in [1.165, 1.54) is 23.9 Å². The Hall–Kier alpha value is -3.74. The van der Waals surface area contributed by atoms with Gasteiger partial charge in [-0.15, -0.1) is 0 Å². The molecular formula is C34H36F6N4O6S2. The summed E-state index contributed by atoms with van der Waals surface area (Å²) in [5.41, 5.74) is -1.99. The van der Waals surface area contributed by atoms with Gasteiger partial charge < -0.3 is 38.5 Å². The Morgan fingerprint density at radius 3 is 1.37 bits per heavy atom. The number of carbonyl (C=O) groups excluding carboxylic acids is 2. The minimum atomic E-state index is -4.66. The van der Waals surface area contributed by atoms with Crippen LogP contribution in [-0.4, -0.2) is 120 Å². The molecule has 2 unspecified atom stereocenters. The summed E-state index contributed by atoms with van der Waals surface area (Å²) in [5, 5.41) is 0. The van der Waals surface area contributed by atoms with Crippen molar-refractivity contribution in [1.82, 2.24) is 19.6 Å². The van der Waals surface area contributed by atoms with E-state index in [0.29, 0.717) is 13.1 Å². The Labute approximate surface area is 306 Å². The average molecular weight is 775 g/mol. The molecule has 0 bridgehead atoms. The number of likely N-dealkylation sites (N-methyl/N-ethyl adjacent to an activating group) is 2. The Morgan fingerprint density at radius 1 is 0.692 bits per heavy atom. The van der Waals surface area contributed by atoms with Gasteiger partial charge >= 0.3 is 24.3 Å². The highest BCUT2D eigenvalue weighted by molar-refractivity contribution is 7.81. The largest absolute Gasteiger partial charge is 0.450 e. The van der Waals surface area contributed by atoms with Crippen molar-refractivity contribution in [2.24, 2.45) is 0 Å². The van der Waals surface area contributed by atoms with Gasteiger partial charge in [0.1, 0.15) is 21.5 Å². The molecule has 0 aromatic heterocycles. The van der Waals surface area contributed by atoms with Crippen LogP contribution < -0.4 is 9.47 Å². The van der Waals surface area contributed by atoms with Crippen LogP contribution in [0.25, 0.3) is 0 Å². The summed E-state index contributed by atoms with van der Waals surface area (Å²) < 4.78 is 106. The van der Waals surface area contributed by atoms with Gasteiger partial charge in [-0.25, -0.2) is 9.59 Å². The second-order valence-corrected chi connectivity index (χ2v) is 14.2. The van der Waals surface area contributed by atoms with Crippen LogP contribution in [0.1, 0.15) is 47.9 Å². The van der Waals surface area contributed by atoms with Gasteiger partial charge in [0.05, 0.1) is 35.3 Å². The van der Waals surface area contributed by atoms with Crippen molar-refractivity contribution in [2.45, 2.75) is 49.6 Å². The second-order valence-electron chi connectivity index (χ2n) is 13.4. The first-order valence-electron chi connectivity index (χ1n) is 16.6. The normalized spacial score (nSPS) is 23.9. The van der Waals surface area contributed by atoms with Gasteiger partial charge in [0.2, 0.25) is 0 Å². The zero-order valence-corrected chi connectivity index (χ0v) is 29.9. The van der Waals surface area contributed by atoms with Crippen molar-refractivity contribution < 1.29 is 54.9 Å². The fraction of sp³-hybridized carbons (Fsp3) is 0.529. The van der Waals surface area contributed by atoms with Crippen molar-refractivity contribution in [3.05, 3.63) is 58.7 Å². The standard InChI is InChI=1S/C34H36F6N4O6S2/c1-41-19-31(9-15-43-11-3-12-43,47-25-7-5-21(33(35,36)37)17-23(25)27(41)51)49-29(45)30(46)50-32(10-16-44-13-4-14-44)20-42(2)28(52)24-18-22(34(38,39)40)6-8-26(24)48-32/h5-8,17-18H,3-4,9-16,19-20H2,1-2H3. The molecule has 0 saturated carbocycles. The summed E-state index contributed by atoms with van der Waals surface area (Å²) in [7, 11) is 3.02. The average Bonchev–Trinajstić information content (AvgIpc) is 3.18. The zero-order valence-electron chi connectivity index (χ0n) is 28.3. The van der Waals surface area contributed by atoms with Crippen LogP contribution in [0.3, 0.4) is 0 Å². The molecule has 2 aromatic rings. The lowest BCUT2D eigenvalue weighted by Crippen LogP contribution is -2.55. The first-order chi connectivity index (χ1) is 24.4. The number of carbonyl (C=O) groups is 2. The van der Waals surface area contributed by atoms with Gasteiger partial charge in [0.15, 0.2) is 0 Å². The number of esters is 2. The summed E-state index contributed by atoms with van der Waals surface area (Å²) in [6, 6.07) is 5.56. The number of nitrogens with zero attached hydrogens (tertiary/aromatic N) is 4. The van der Waals surface area contributed by atoms with Crippen LogP contribution in [0.4, 0.5) is 26.3 Å². The fourth-order valence-corrected chi connectivity index (χ4v) is 6.87. The molecule has 0 aliphatic carbocycles. The minimum Gasteiger partial charge on any atom is -0.450 e. The van der Waals surface area contributed by atoms with Gasteiger partial charge in [-0.2, -0.15) is 26.3 Å². The molecular weight excluding hydrogens is 739 g/mol. The highest BCUT2D eigenvalue weighted by atomic mass is 32.1. The topological polar surface area (TPSA) is 84.0 Å². The second kappa shape index (κ2) is 14.2. The smallest absolute Gasteiger partial charge is 0.420 e. The van der Waals surface area contributed by atoms with Crippen molar-refractivity contribution in [2.75, 3.05) is 66.5 Å². The molecule has 10 nitrogen and oxygen atoms in total. The minimum absolute atomic E-state index is 0.00806. The number of halogens is 6. The summed E-state index contributed by atoms with van der Waals surface area (Å²) in [4.78, 5) is 34.5. The molecule has 0 N–H and O–H groups in total. The number of fused-ring (bicyclic) bond motifs is 2. The molecule has 4 heterocycles. The summed E-state index contributed by atoms with van der Waals surface area (Å²) in [6.45, 7) is 3.32. The molecule has 2 aromatic carbocycles. The van der Waals surface area contributed by atoms with E-state index >= 15 is 0 Å². The number of thiocarbonyl (C=S) groups is 2. The lowest BCUT2D eigenvalue weighted by Gasteiger charge is -2.39. The van der Waals surface area contributed by atoms with Gasteiger partial charge in [0.25, 0.3) is 11.6 Å². The predicted octanol–water partition coefficient (Wildman–Crippen LogP) is 5.09. The highest BCUT2D eigenvalue weighted by Crippen LogP contribution is 2.40. The highest BCUT2D eigenvalue weighted by Gasteiger charge is 2.49. The number of ether oxygens (including phenoxy) is 4. The molecule has 6 rings (SSSR count). The van der Waals surface area contributed by atoms with E-state index in [0.717, 1.165) is 75.4 Å². The Bertz CT molecular complexity index is 1630. The van der Waals surface area contributed by atoms with Gasteiger partial charge in [-0.3, -0.25) is 0 Å². The number of alkyl halides is 6. The third-order valence-corrected chi connectivity index (χ3v) is 10.6. The quantitative estimate of drug-likeness (QED) is 0.155. The maximum absolute atomic E-state index is 13.8. The molecule has 2 saturated heterocycles. The van der Waals surface area contributed by atoms with Crippen LogP contribution >= 0.6 is 24.4 Å². The first kappa shape index (κ1) is 38.0. The monoisotopic (exact) mass is 774 g/mol. The summed E-state index contributed by atoms with van der Waals surface area (Å²) >= 11 is 11.0. The van der Waals surface area contributed by atoms with Crippen molar-refractivity contribution in [3.63, 3.8) is 0 Å². The van der Waals surface area contributed by atoms with Gasteiger partial charge in [-0.1, -0.05) is 24.4 Å². The van der Waals surface area contributed by atoms with Crippen LogP contribution in [0.15, 0.2) is 36.4 Å². The van der Waals surface area contributed by atoms with Gasteiger partial charge in [0, 0.05) is 40.0 Å². The molecule has 0 radical (unpaired) electrons. The molecule has 4 aliphatic heterocycles. The van der Waals surface area contributed by atoms with Crippen molar-refractivity contribution in [1.29, 1.82) is 0 Å². The first-order valence-corrected chi connectivity index (χ1v) is 17.4. The van der Waals surface area contributed by atoms with E-state index < -0.39 is 47.0 Å². The van der Waals surface area contributed by atoms with E-state index in [-0.39, 0.29) is 58.5 Å². The SMILES string of the molecule is CN1CC(CCN2CCC2)(OC(=O)C(=O)OC2(CCN3CCC3)CN(C)C(=S)c3cc(C(F)(F)F)ccc3O2)Oc2ccc(C(F)(F)F)cc2C1=S. The van der Waals surface area contributed by atoms with E-state index in [1.54, 1.807) is 0 Å². The summed E-state index contributed by atoms with van der Waals surface area (Å²) in [5.74, 6) is -6.90. The van der Waals surface area contributed by atoms with E-state index in [2.05, 4.69) is 9.80 Å². The maximum Gasteiger partial charge on any atom is 0.420 e. The Balaban J connectivity index is 1.30. The van der Waals surface area contributed by atoms with Crippen LogP contribution in [-0.2, 0) is 31.4 Å². The van der Waals surface area contributed by atoms with Crippen molar-refractivity contribution in [3.8, 4) is 11.5 Å². The number of likely N-dealkylation sites (tertiary alicyclic amines) is 2. The number of benzene rings is 2. The molecule has 0 spiro atoms. The van der Waals surface area contributed by atoms with Crippen LogP contribution in [0, 0.1) is 0 Å². The predicted molar refractivity (Wildman–Crippen MR) is 182 cm³/mol. The number of hydrogen-bond acceptors (Lipinski definition) is 10. The molecule has 52 heavy (non-hydrogen) atoms. The lowest BCUT2D eigenvalue weighted by molar-refractivity contribution is -0.228. The number of rotatable bonds is 8. The third-order valence-electron chi connectivity index (χ3n) is 9.56. The van der Waals surface area contributed by atoms with E-state index in [4.69, 9.17) is 43.4 Å². The maximum atomic E-state index is 13.8. The van der Waals surface area contributed by atoms with Crippen LogP contribution in [0.2, 0.25) is 0 Å². The van der Waals surface area contributed by atoms with Crippen LogP contribution in [0.5, 0.6) is 11.5 Å². The third kappa shape index (κ3) is 8.09. The lowest BCUT2D eigenvalue weighted by atomic mass is 10.1. The molecule has 18 heteroatoms. The molecule has 2 atom stereocenters. The molecule has 4 aliphatic rings. The zero-order chi connectivity index (χ0) is 37.6. The fourth-order valence-electron chi connectivity index (χ4n) is 6.43. The molecule has 0 amide bonds. The molecule has 2 fully saturated rings. The van der Waals surface area contributed by atoms with Crippen molar-refractivity contribution >= 4 is 46.4 Å². The van der Waals surface area contributed by atoms with Gasteiger partial charge in [-0.05, 0) is 75.4 Å². The Kier molecular flexibility index (Phi) is 10.4. The molecule has 282 valence electrons. The van der Waals surface area contributed by atoms with E-state index in [9.17, 15) is 35.9 Å².